The Labute approximate surface area is 114 Å². The molecule has 0 aliphatic carbocycles. The minimum atomic E-state index is 0.485. The normalized spacial score (nSPS) is 33.7. The highest BCUT2D eigenvalue weighted by atomic mass is 15.2. The smallest absolute Gasteiger partial charge is 0.0113 e. The van der Waals surface area contributed by atoms with Gasteiger partial charge in [0, 0.05) is 24.7 Å². The first-order valence-electron chi connectivity index (χ1n) is 8.05. The van der Waals surface area contributed by atoms with Gasteiger partial charge in [0.1, 0.15) is 0 Å². The SMILES string of the molecule is CCNC1CC2CCCC(C1)N2CC(C)(C)CC. The second kappa shape index (κ2) is 5.92. The lowest BCUT2D eigenvalue weighted by Crippen LogP contribution is -2.58. The number of hydrogen-bond acceptors (Lipinski definition) is 2. The van der Waals surface area contributed by atoms with Gasteiger partial charge in [0.15, 0.2) is 0 Å². The highest BCUT2D eigenvalue weighted by Crippen LogP contribution is 2.36. The van der Waals surface area contributed by atoms with E-state index in [1.54, 1.807) is 0 Å². The molecule has 2 fully saturated rings. The minimum Gasteiger partial charge on any atom is -0.314 e. The van der Waals surface area contributed by atoms with Crippen LogP contribution in [0.15, 0.2) is 0 Å². The van der Waals surface area contributed by atoms with Crippen LogP contribution in [0, 0.1) is 5.41 Å². The first-order valence-corrected chi connectivity index (χ1v) is 8.05. The number of nitrogens with one attached hydrogen (secondary N) is 1. The second-order valence-electron chi connectivity index (χ2n) is 7.15. The Morgan fingerprint density at radius 2 is 1.72 bits per heavy atom. The minimum absolute atomic E-state index is 0.485. The Balaban J connectivity index is 2.00. The summed E-state index contributed by atoms with van der Waals surface area (Å²) in [5.74, 6) is 0. The van der Waals surface area contributed by atoms with Crippen LogP contribution in [-0.2, 0) is 0 Å². The first kappa shape index (κ1) is 14.3. The average molecular weight is 252 g/mol. The number of fused-ring (bicyclic) bond motifs is 2. The van der Waals surface area contributed by atoms with Gasteiger partial charge in [-0.15, -0.1) is 0 Å². The van der Waals surface area contributed by atoms with Gasteiger partial charge in [-0.1, -0.05) is 34.1 Å². The molecule has 2 nitrogen and oxygen atoms in total. The maximum atomic E-state index is 3.68. The number of nitrogens with zero attached hydrogens (tertiary/aromatic N) is 1. The summed E-state index contributed by atoms with van der Waals surface area (Å²) < 4.78 is 0. The van der Waals surface area contributed by atoms with Gasteiger partial charge in [-0.3, -0.25) is 4.90 Å². The molecule has 2 aliphatic rings. The fourth-order valence-electron chi connectivity index (χ4n) is 3.80. The molecule has 0 aromatic heterocycles. The predicted octanol–water partition coefficient (Wildman–Crippen LogP) is 3.42. The van der Waals surface area contributed by atoms with Crippen LogP contribution < -0.4 is 5.32 Å². The van der Waals surface area contributed by atoms with Crippen molar-refractivity contribution in [2.24, 2.45) is 5.41 Å². The highest BCUT2D eigenvalue weighted by Gasteiger charge is 2.39. The highest BCUT2D eigenvalue weighted by molar-refractivity contribution is 4.96. The Morgan fingerprint density at radius 1 is 1.11 bits per heavy atom. The molecular weight excluding hydrogens is 220 g/mol. The summed E-state index contributed by atoms with van der Waals surface area (Å²) in [5, 5.41) is 3.68. The van der Waals surface area contributed by atoms with Crippen LogP contribution in [0.4, 0.5) is 0 Å². The van der Waals surface area contributed by atoms with Gasteiger partial charge in [0.2, 0.25) is 0 Å². The van der Waals surface area contributed by atoms with E-state index < -0.39 is 0 Å². The summed E-state index contributed by atoms with van der Waals surface area (Å²) >= 11 is 0. The lowest BCUT2D eigenvalue weighted by molar-refractivity contribution is -0.00290. The molecule has 0 aromatic carbocycles. The van der Waals surface area contributed by atoms with Crippen LogP contribution in [0.25, 0.3) is 0 Å². The Morgan fingerprint density at radius 3 is 2.22 bits per heavy atom. The number of rotatable bonds is 5. The molecule has 2 saturated heterocycles. The van der Waals surface area contributed by atoms with Gasteiger partial charge in [0.05, 0.1) is 0 Å². The van der Waals surface area contributed by atoms with Gasteiger partial charge >= 0.3 is 0 Å². The Hall–Kier alpha value is -0.0800. The Kier molecular flexibility index (Phi) is 4.71. The first-order chi connectivity index (χ1) is 8.55. The summed E-state index contributed by atoms with van der Waals surface area (Å²) in [7, 11) is 0. The van der Waals surface area contributed by atoms with Crippen molar-refractivity contribution in [2.45, 2.75) is 84.3 Å². The summed E-state index contributed by atoms with van der Waals surface area (Å²) in [6.45, 7) is 11.9. The van der Waals surface area contributed by atoms with Crippen LogP contribution in [0.5, 0.6) is 0 Å². The van der Waals surface area contributed by atoms with Gasteiger partial charge in [-0.05, 0) is 44.1 Å². The third-order valence-electron chi connectivity index (χ3n) is 5.19. The quantitative estimate of drug-likeness (QED) is 0.806. The van der Waals surface area contributed by atoms with E-state index in [-0.39, 0.29) is 0 Å². The van der Waals surface area contributed by atoms with E-state index in [2.05, 4.69) is 37.9 Å². The third-order valence-corrected chi connectivity index (χ3v) is 5.19. The molecule has 2 heteroatoms. The summed E-state index contributed by atoms with van der Waals surface area (Å²) in [6.07, 6.45) is 8.36. The molecule has 0 saturated carbocycles. The fourth-order valence-corrected chi connectivity index (χ4v) is 3.80. The molecule has 2 bridgehead atoms. The van der Waals surface area contributed by atoms with E-state index in [9.17, 15) is 0 Å². The van der Waals surface area contributed by atoms with E-state index in [4.69, 9.17) is 0 Å². The lowest BCUT2D eigenvalue weighted by atomic mass is 9.79. The van der Waals surface area contributed by atoms with Gasteiger partial charge in [-0.2, -0.15) is 0 Å². The topological polar surface area (TPSA) is 15.3 Å². The van der Waals surface area contributed by atoms with Gasteiger partial charge in [-0.25, -0.2) is 0 Å². The summed E-state index contributed by atoms with van der Waals surface area (Å²) in [5.41, 5.74) is 0.485. The van der Waals surface area contributed by atoms with Crippen LogP contribution >= 0.6 is 0 Å². The van der Waals surface area contributed by atoms with Crippen LogP contribution in [0.2, 0.25) is 0 Å². The molecule has 106 valence electrons. The van der Waals surface area contributed by atoms with Crippen molar-refractivity contribution in [1.29, 1.82) is 0 Å². The zero-order chi connectivity index (χ0) is 13.2. The van der Waals surface area contributed by atoms with Crippen molar-refractivity contribution < 1.29 is 0 Å². The van der Waals surface area contributed by atoms with Crippen molar-refractivity contribution in [3.05, 3.63) is 0 Å². The molecule has 2 heterocycles. The van der Waals surface area contributed by atoms with Crippen molar-refractivity contribution in [2.75, 3.05) is 13.1 Å². The second-order valence-corrected chi connectivity index (χ2v) is 7.15. The van der Waals surface area contributed by atoms with E-state index in [0.29, 0.717) is 5.41 Å². The molecular formula is C16H32N2. The summed E-state index contributed by atoms with van der Waals surface area (Å²) in [6, 6.07) is 2.49. The number of piperidine rings is 2. The van der Waals surface area contributed by atoms with Crippen LogP contribution in [0.1, 0.15) is 66.2 Å². The van der Waals surface area contributed by atoms with Crippen molar-refractivity contribution in [1.82, 2.24) is 10.2 Å². The molecule has 0 radical (unpaired) electrons. The average Bonchev–Trinajstić information content (AvgIpc) is 2.30. The standard InChI is InChI=1S/C16H32N2/c1-5-16(3,4)12-18-14-8-7-9-15(18)11-13(10-14)17-6-2/h13-15,17H,5-12H2,1-4H3. The van der Waals surface area contributed by atoms with Crippen LogP contribution in [-0.4, -0.2) is 36.1 Å². The number of hydrogen-bond donors (Lipinski definition) is 1. The molecule has 18 heavy (non-hydrogen) atoms. The molecule has 0 amide bonds. The van der Waals surface area contributed by atoms with Gasteiger partial charge in [0.25, 0.3) is 0 Å². The van der Waals surface area contributed by atoms with E-state index in [0.717, 1.165) is 24.7 Å². The van der Waals surface area contributed by atoms with Crippen molar-refractivity contribution in [3.63, 3.8) is 0 Å². The van der Waals surface area contributed by atoms with E-state index >= 15 is 0 Å². The van der Waals surface area contributed by atoms with E-state index in [1.807, 2.05) is 0 Å². The van der Waals surface area contributed by atoms with Crippen LogP contribution in [0.3, 0.4) is 0 Å². The van der Waals surface area contributed by atoms with Crippen molar-refractivity contribution in [3.8, 4) is 0 Å². The molecule has 2 rings (SSSR count). The molecule has 1 N–H and O–H groups in total. The maximum absolute atomic E-state index is 3.68. The lowest BCUT2D eigenvalue weighted by Gasteiger charge is -2.51. The monoisotopic (exact) mass is 252 g/mol. The summed E-state index contributed by atoms with van der Waals surface area (Å²) in [4.78, 5) is 2.86. The zero-order valence-corrected chi connectivity index (χ0v) is 12.8. The molecule has 2 aliphatic heterocycles. The third kappa shape index (κ3) is 3.27. The largest absolute Gasteiger partial charge is 0.314 e. The molecule has 2 atom stereocenters. The Bertz CT molecular complexity index is 248. The maximum Gasteiger partial charge on any atom is 0.0113 e. The van der Waals surface area contributed by atoms with Gasteiger partial charge < -0.3 is 5.32 Å². The zero-order valence-electron chi connectivity index (χ0n) is 12.8. The molecule has 0 aromatic rings. The molecule has 0 spiro atoms. The van der Waals surface area contributed by atoms with E-state index in [1.165, 1.54) is 45.1 Å². The molecule has 2 unspecified atom stereocenters. The fraction of sp³-hybridized carbons (Fsp3) is 1.00. The van der Waals surface area contributed by atoms with Crippen molar-refractivity contribution >= 4 is 0 Å². The predicted molar refractivity (Wildman–Crippen MR) is 78.9 cm³/mol.